The second-order valence-corrected chi connectivity index (χ2v) is 2.68. The lowest BCUT2D eigenvalue weighted by atomic mass is 10.2. The predicted octanol–water partition coefficient (Wildman–Crippen LogP) is 1.19. The first-order valence-electron chi connectivity index (χ1n) is 5.26. The predicted molar refractivity (Wildman–Crippen MR) is 57.7 cm³/mol. The van der Waals surface area contributed by atoms with Crippen LogP contribution in [0.3, 0.4) is 0 Å². The summed E-state index contributed by atoms with van der Waals surface area (Å²) in [4.78, 5) is 20.8. The fourth-order valence-electron chi connectivity index (χ4n) is 0.841. The minimum atomic E-state index is -0.912. The third-order valence-electron chi connectivity index (χ3n) is 1.54. The van der Waals surface area contributed by atoms with Crippen LogP contribution in [-0.4, -0.2) is 18.4 Å². The molecular formula is C10H22N2O2. The zero-order chi connectivity index (χ0) is 11.4. The number of carbonyl (C=O) groups excluding carboxylic acids is 2. The molecule has 0 aromatic rings. The molecule has 0 atom stereocenters. The van der Waals surface area contributed by atoms with Crippen LogP contribution in [0.4, 0.5) is 0 Å². The number of primary amides is 1. The number of hydrogen-bond acceptors (Lipinski definition) is 2. The van der Waals surface area contributed by atoms with Crippen molar-refractivity contribution in [1.82, 2.24) is 5.32 Å². The minimum absolute atomic E-state index is 0.543. The zero-order valence-corrected chi connectivity index (χ0v) is 9.43. The van der Waals surface area contributed by atoms with Gasteiger partial charge in [-0.25, -0.2) is 0 Å². The van der Waals surface area contributed by atoms with E-state index in [4.69, 9.17) is 5.73 Å². The van der Waals surface area contributed by atoms with Crippen LogP contribution in [0.5, 0.6) is 0 Å². The van der Waals surface area contributed by atoms with Gasteiger partial charge in [0.05, 0.1) is 0 Å². The third kappa shape index (κ3) is 10.9. The van der Waals surface area contributed by atoms with Gasteiger partial charge in [-0.1, -0.05) is 40.0 Å². The van der Waals surface area contributed by atoms with Crippen LogP contribution in [0, 0.1) is 0 Å². The van der Waals surface area contributed by atoms with Crippen molar-refractivity contribution in [2.45, 2.75) is 46.5 Å². The molecule has 0 aromatic heterocycles. The van der Waals surface area contributed by atoms with E-state index in [-0.39, 0.29) is 0 Å². The fourth-order valence-corrected chi connectivity index (χ4v) is 0.841. The number of nitrogens with two attached hydrogens (primary N) is 1. The van der Waals surface area contributed by atoms with Gasteiger partial charge in [0.1, 0.15) is 0 Å². The van der Waals surface area contributed by atoms with Gasteiger partial charge in [0.2, 0.25) is 0 Å². The summed E-state index contributed by atoms with van der Waals surface area (Å²) in [7, 11) is 0. The topological polar surface area (TPSA) is 72.2 Å². The molecule has 0 heterocycles. The molecule has 0 rings (SSSR count). The first-order valence-corrected chi connectivity index (χ1v) is 5.26. The average Bonchev–Trinajstić information content (AvgIpc) is 2.20. The monoisotopic (exact) mass is 202 g/mol. The van der Waals surface area contributed by atoms with E-state index in [0.29, 0.717) is 6.54 Å². The highest BCUT2D eigenvalue weighted by molar-refractivity contribution is 6.34. The van der Waals surface area contributed by atoms with Crippen molar-refractivity contribution < 1.29 is 9.59 Å². The second-order valence-electron chi connectivity index (χ2n) is 2.68. The molecule has 0 aliphatic carbocycles. The largest absolute Gasteiger partial charge is 0.361 e. The number of hydrogen-bond donors (Lipinski definition) is 2. The lowest BCUT2D eigenvalue weighted by molar-refractivity contribution is -0.137. The van der Waals surface area contributed by atoms with Crippen molar-refractivity contribution in [2.75, 3.05) is 6.54 Å². The molecule has 0 aliphatic heterocycles. The maximum Gasteiger partial charge on any atom is 0.309 e. The van der Waals surface area contributed by atoms with Crippen molar-refractivity contribution in [3.8, 4) is 0 Å². The lowest BCUT2D eigenvalue weighted by Crippen LogP contribution is -2.36. The third-order valence-corrected chi connectivity index (χ3v) is 1.54. The van der Waals surface area contributed by atoms with Gasteiger partial charge >= 0.3 is 11.8 Å². The molecule has 4 nitrogen and oxygen atoms in total. The summed E-state index contributed by atoms with van der Waals surface area (Å²) in [6.07, 6.45) is 4.30. The van der Waals surface area contributed by atoms with Crippen LogP contribution in [-0.2, 0) is 9.59 Å². The van der Waals surface area contributed by atoms with Crippen LogP contribution < -0.4 is 11.1 Å². The number of nitrogens with one attached hydrogen (secondary N) is 1. The maximum atomic E-state index is 10.6. The van der Waals surface area contributed by atoms with Gasteiger partial charge in [0.25, 0.3) is 0 Å². The molecule has 84 valence electrons. The first-order chi connectivity index (χ1) is 6.68. The number of carbonyl (C=O) groups is 2. The smallest absolute Gasteiger partial charge is 0.309 e. The number of unbranched alkanes of at least 4 members (excludes halogenated alkanes) is 3. The summed E-state index contributed by atoms with van der Waals surface area (Å²) in [6.45, 7) is 6.66. The molecule has 3 N–H and O–H groups in total. The normalized spacial score (nSPS) is 8.50. The van der Waals surface area contributed by atoms with E-state index in [9.17, 15) is 9.59 Å². The van der Waals surface area contributed by atoms with Crippen molar-refractivity contribution in [2.24, 2.45) is 5.73 Å². The van der Waals surface area contributed by atoms with E-state index < -0.39 is 11.8 Å². The Bertz CT molecular complexity index is 158. The van der Waals surface area contributed by atoms with Crippen LogP contribution in [0.25, 0.3) is 0 Å². The molecule has 0 saturated carbocycles. The van der Waals surface area contributed by atoms with E-state index in [1.807, 2.05) is 13.8 Å². The van der Waals surface area contributed by atoms with Gasteiger partial charge in [-0.2, -0.15) is 0 Å². The Hall–Kier alpha value is -1.06. The van der Waals surface area contributed by atoms with E-state index in [1.54, 1.807) is 0 Å². The van der Waals surface area contributed by atoms with Gasteiger partial charge in [-0.05, 0) is 6.42 Å². The van der Waals surface area contributed by atoms with Gasteiger partial charge in [0.15, 0.2) is 0 Å². The van der Waals surface area contributed by atoms with Crippen LogP contribution in [0.15, 0.2) is 0 Å². The second kappa shape index (κ2) is 11.9. The van der Waals surface area contributed by atoms with E-state index in [2.05, 4.69) is 12.2 Å². The molecule has 0 unspecified atom stereocenters. The summed E-state index contributed by atoms with van der Waals surface area (Å²) in [5.74, 6) is -1.60. The van der Waals surface area contributed by atoms with Gasteiger partial charge in [-0.15, -0.1) is 0 Å². The SMILES string of the molecule is CC.CCCCCCNC(=O)C(N)=O. The maximum absolute atomic E-state index is 10.6. The Morgan fingerprint density at radius 2 is 1.71 bits per heavy atom. The van der Waals surface area contributed by atoms with Crippen LogP contribution in [0.2, 0.25) is 0 Å². The Morgan fingerprint density at radius 1 is 1.14 bits per heavy atom. The molecule has 0 saturated heterocycles. The van der Waals surface area contributed by atoms with Crippen LogP contribution in [0.1, 0.15) is 46.5 Å². The van der Waals surface area contributed by atoms with Crippen molar-refractivity contribution in [1.29, 1.82) is 0 Å². The molecule has 4 heteroatoms. The Morgan fingerprint density at radius 3 is 2.14 bits per heavy atom. The molecule has 0 spiro atoms. The van der Waals surface area contributed by atoms with Gasteiger partial charge in [-0.3, -0.25) is 9.59 Å². The molecule has 14 heavy (non-hydrogen) atoms. The summed E-state index contributed by atoms with van der Waals surface area (Å²) in [5, 5.41) is 2.43. The quantitative estimate of drug-likeness (QED) is 0.519. The molecular weight excluding hydrogens is 180 g/mol. The highest BCUT2D eigenvalue weighted by Gasteiger charge is 2.05. The van der Waals surface area contributed by atoms with Gasteiger partial charge in [0, 0.05) is 6.54 Å². The summed E-state index contributed by atoms with van der Waals surface area (Å²) < 4.78 is 0. The van der Waals surface area contributed by atoms with Crippen molar-refractivity contribution >= 4 is 11.8 Å². The van der Waals surface area contributed by atoms with Crippen LogP contribution >= 0.6 is 0 Å². The standard InChI is InChI=1S/C8H16N2O2.C2H6/c1-2-3-4-5-6-10-8(12)7(9)11;1-2/h2-6H2,1H3,(H2,9,11)(H,10,12);1-2H3. The van der Waals surface area contributed by atoms with E-state index in [1.165, 1.54) is 0 Å². The Kier molecular flexibility index (Phi) is 13.1. The van der Waals surface area contributed by atoms with Crippen molar-refractivity contribution in [3.63, 3.8) is 0 Å². The van der Waals surface area contributed by atoms with E-state index >= 15 is 0 Å². The molecule has 0 aliphatic rings. The van der Waals surface area contributed by atoms with E-state index in [0.717, 1.165) is 25.7 Å². The molecule has 0 radical (unpaired) electrons. The lowest BCUT2D eigenvalue weighted by Gasteiger charge is -2.00. The van der Waals surface area contributed by atoms with Crippen molar-refractivity contribution in [3.05, 3.63) is 0 Å². The molecule has 0 aromatic carbocycles. The Labute approximate surface area is 86.2 Å². The average molecular weight is 202 g/mol. The van der Waals surface area contributed by atoms with Gasteiger partial charge < -0.3 is 11.1 Å². The first kappa shape index (κ1) is 15.4. The fraction of sp³-hybridized carbons (Fsp3) is 0.800. The summed E-state index contributed by atoms with van der Waals surface area (Å²) in [5.41, 5.74) is 4.73. The molecule has 0 bridgehead atoms. The number of rotatable bonds is 5. The zero-order valence-electron chi connectivity index (χ0n) is 9.43. The Balaban J connectivity index is 0. The number of amides is 2. The molecule has 0 fully saturated rings. The highest BCUT2D eigenvalue weighted by atomic mass is 16.2. The highest BCUT2D eigenvalue weighted by Crippen LogP contribution is 1.96. The minimum Gasteiger partial charge on any atom is -0.361 e. The molecule has 2 amide bonds. The summed E-state index contributed by atoms with van der Waals surface area (Å²) >= 11 is 0. The summed E-state index contributed by atoms with van der Waals surface area (Å²) in [6, 6.07) is 0.